The molecule has 2 N–H and O–H groups in total. The Morgan fingerprint density at radius 3 is 2.55 bits per heavy atom. The topological polar surface area (TPSA) is 81.1 Å². The Bertz CT molecular complexity index is 1000. The summed E-state index contributed by atoms with van der Waals surface area (Å²) < 4.78 is 7.09. The fourth-order valence-electron chi connectivity index (χ4n) is 3.26. The summed E-state index contributed by atoms with van der Waals surface area (Å²) in [7, 11) is 1.64. The minimum atomic E-state index is -0.412. The molecule has 2 aromatic carbocycles. The number of nitrogens with one attached hydrogen (secondary N) is 2. The summed E-state index contributed by atoms with van der Waals surface area (Å²) in [5.41, 5.74) is 6.40. The largest absolute Gasteiger partial charge is 0.497 e. The summed E-state index contributed by atoms with van der Waals surface area (Å²) in [5, 5.41) is 11.6. The van der Waals surface area contributed by atoms with Gasteiger partial charge in [0.05, 0.1) is 13.2 Å². The summed E-state index contributed by atoms with van der Waals surface area (Å²) in [5.74, 6) is 1.44. The van der Waals surface area contributed by atoms with E-state index in [2.05, 4.69) is 27.9 Å². The van der Waals surface area contributed by atoms with Crippen LogP contribution in [0.1, 0.15) is 29.9 Å². The van der Waals surface area contributed by atoms with Gasteiger partial charge in [-0.05, 0) is 48.7 Å². The van der Waals surface area contributed by atoms with Gasteiger partial charge in [0.15, 0.2) is 0 Å². The molecule has 2 heterocycles. The standard InChI is InChI=1S/C21H23N5O2S/c1-4-14-5-9-16(10-6-14)22-20(27)19-18(15-7-11-17(28-3)12-8-15)25-26-13(2)23-24-21(26)29-19/h5-12,18-19,25H,4H2,1-3H3,(H,22,27)/t18-,19+/m0/s1. The molecule has 8 heteroatoms. The van der Waals surface area contributed by atoms with E-state index in [9.17, 15) is 4.79 Å². The molecule has 1 aliphatic heterocycles. The van der Waals surface area contributed by atoms with Gasteiger partial charge in [-0.3, -0.25) is 4.79 Å². The number of anilines is 1. The van der Waals surface area contributed by atoms with Crippen molar-refractivity contribution in [2.75, 3.05) is 17.9 Å². The zero-order chi connectivity index (χ0) is 20.4. The maximum Gasteiger partial charge on any atom is 0.240 e. The van der Waals surface area contributed by atoms with Crippen LogP contribution >= 0.6 is 11.8 Å². The lowest BCUT2D eigenvalue weighted by Crippen LogP contribution is -2.41. The van der Waals surface area contributed by atoms with E-state index in [-0.39, 0.29) is 11.9 Å². The number of hydrogen-bond donors (Lipinski definition) is 2. The van der Waals surface area contributed by atoms with Crippen molar-refractivity contribution in [3.05, 3.63) is 65.5 Å². The molecule has 0 radical (unpaired) electrons. The molecule has 150 valence electrons. The third-order valence-electron chi connectivity index (χ3n) is 4.96. The molecular weight excluding hydrogens is 386 g/mol. The number of aromatic nitrogens is 3. The number of fused-ring (bicyclic) bond motifs is 1. The van der Waals surface area contributed by atoms with E-state index in [1.165, 1.54) is 17.3 Å². The van der Waals surface area contributed by atoms with Crippen LogP contribution in [0.25, 0.3) is 0 Å². The molecule has 1 amide bonds. The predicted molar refractivity (Wildman–Crippen MR) is 114 cm³/mol. The molecule has 0 bridgehead atoms. The van der Waals surface area contributed by atoms with Gasteiger partial charge in [0, 0.05) is 5.69 Å². The number of hydrogen-bond acceptors (Lipinski definition) is 6. The van der Waals surface area contributed by atoms with Gasteiger partial charge in [-0.15, -0.1) is 10.2 Å². The maximum atomic E-state index is 13.2. The van der Waals surface area contributed by atoms with Crippen LogP contribution in [0.4, 0.5) is 5.69 Å². The third-order valence-corrected chi connectivity index (χ3v) is 6.18. The minimum Gasteiger partial charge on any atom is -0.497 e. The molecule has 0 unspecified atom stereocenters. The Balaban J connectivity index is 1.62. The zero-order valence-electron chi connectivity index (χ0n) is 16.5. The number of aryl methyl sites for hydroxylation is 2. The molecule has 29 heavy (non-hydrogen) atoms. The highest BCUT2D eigenvalue weighted by molar-refractivity contribution is 8.00. The number of carbonyl (C=O) groups is 1. The SMILES string of the molecule is CCc1ccc(NC(=O)[C@@H]2Sc3nnc(C)n3N[C@H]2c2ccc(OC)cc2)cc1. The van der Waals surface area contributed by atoms with Gasteiger partial charge < -0.3 is 15.5 Å². The van der Waals surface area contributed by atoms with E-state index in [1.54, 1.807) is 7.11 Å². The number of methoxy groups -OCH3 is 1. The Morgan fingerprint density at radius 2 is 1.90 bits per heavy atom. The lowest BCUT2D eigenvalue weighted by molar-refractivity contribution is -0.116. The Hall–Kier alpha value is -3.00. The highest BCUT2D eigenvalue weighted by atomic mass is 32.2. The van der Waals surface area contributed by atoms with E-state index < -0.39 is 5.25 Å². The van der Waals surface area contributed by atoms with Crippen LogP contribution in [0, 0.1) is 6.92 Å². The fourth-order valence-corrected chi connectivity index (χ4v) is 4.38. The summed E-state index contributed by atoms with van der Waals surface area (Å²) >= 11 is 1.41. The maximum absolute atomic E-state index is 13.2. The highest BCUT2D eigenvalue weighted by Gasteiger charge is 2.37. The van der Waals surface area contributed by atoms with Crippen molar-refractivity contribution in [2.24, 2.45) is 0 Å². The van der Waals surface area contributed by atoms with Crippen molar-refractivity contribution >= 4 is 23.4 Å². The van der Waals surface area contributed by atoms with E-state index in [4.69, 9.17) is 4.74 Å². The van der Waals surface area contributed by atoms with Crippen LogP contribution < -0.4 is 15.5 Å². The molecule has 0 aliphatic carbocycles. The van der Waals surface area contributed by atoms with Crippen LogP contribution in [0.15, 0.2) is 53.7 Å². The molecule has 1 aromatic heterocycles. The molecule has 4 rings (SSSR count). The molecule has 7 nitrogen and oxygen atoms in total. The second kappa shape index (κ2) is 8.16. The second-order valence-corrected chi connectivity index (χ2v) is 7.93. The predicted octanol–water partition coefficient (Wildman–Crippen LogP) is 3.56. The average molecular weight is 410 g/mol. The van der Waals surface area contributed by atoms with E-state index in [1.807, 2.05) is 60.1 Å². The number of amides is 1. The molecule has 0 fully saturated rings. The summed E-state index contributed by atoms with van der Waals surface area (Å²) in [4.78, 5) is 13.2. The lowest BCUT2D eigenvalue weighted by Gasteiger charge is -2.32. The van der Waals surface area contributed by atoms with Crippen molar-refractivity contribution in [3.8, 4) is 5.75 Å². The van der Waals surface area contributed by atoms with Gasteiger partial charge >= 0.3 is 0 Å². The Morgan fingerprint density at radius 1 is 1.17 bits per heavy atom. The number of ether oxygens (including phenoxy) is 1. The highest BCUT2D eigenvalue weighted by Crippen LogP contribution is 2.37. The van der Waals surface area contributed by atoms with Crippen molar-refractivity contribution in [1.29, 1.82) is 0 Å². The first-order chi connectivity index (χ1) is 14.1. The van der Waals surface area contributed by atoms with Crippen molar-refractivity contribution < 1.29 is 9.53 Å². The van der Waals surface area contributed by atoms with Crippen LogP contribution in [-0.4, -0.2) is 33.1 Å². The van der Waals surface area contributed by atoms with Gasteiger partial charge in [0.25, 0.3) is 0 Å². The molecule has 1 aliphatic rings. The van der Waals surface area contributed by atoms with Gasteiger partial charge in [0.1, 0.15) is 16.8 Å². The van der Waals surface area contributed by atoms with Crippen LogP contribution in [0.2, 0.25) is 0 Å². The smallest absolute Gasteiger partial charge is 0.240 e. The Kier molecular flexibility index (Phi) is 5.44. The minimum absolute atomic E-state index is 0.0838. The molecular formula is C21H23N5O2S. The van der Waals surface area contributed by atoms with Gasteiger partial charge in [-0.1, -0.05) is 43.0 Å². The fraction of sp³-hybridized carbons (Fsp3) is 0.286. The van der Waals surface area contributed by atoms with Crippen LogP contribution in [-0.2, 0) is 11.2 Å². The molecule has 0 saturated carbocycles. The van der Waals surface area contributed by atoms with Gasteiger partial charge in [-0.2, -0.15) is 0 Å². The summed E-state index contributed by atoms with van der Waals surface area (Å²) in [6.45, 7) is 3.99. The van der Waals surface area contributed by atoms with E-state index >= 15 is 0 Å². The molecule has 2 atom stereocenters. The average Bonchev–Trinajstić information content (AvgIpc) is 3.13. The monoisotopic (exact) mass is 409 g/mol. The number of rotatable bonds is 5. The van der Waals surface area contributed by atoms with Gasteiger partial charge in [-0.25, -0.2) is 4.68 Å². The Labute approximate surface area is 173 Å². The quantitative estimate of drug-likeness (QED) is 0.671. The first-order valence-electron chi connectivity index (χ1n) is 9.48. The summed E-state index contributed by atoms with van der Waals surface area (Å²) in [6, 6.07) is 15.4. The van der Waals surface area contributed by atoms with Crippen molar-refractivity contribution in [2.45, 2.75) is 36.7 Å². The zero-order valence-corrected chi connectivity index (χ0v) is 17.4. The summed E-state index contributed by atoms with van der Waals surface area (Å²) in [6.07, 6.45) is 0.963. The molecule has 0 spiro atoms. The van der Waals surface area contributed by atoms with Gasteiger partial charge in [0.2, 0.25) is 11.1 Å². The third kappa shape index (κ3) is 3.93. The van der Waals surface area contributed by atoms with Crippen LogP contribution in [0.3, 0.4) is 0 Å². The number of nitrogens with zero attached hydrogens (tertiary/aromatic N) is 3. The second-order valence-electron chi connectivity index (χ2n) is 6.82. The molecule has 0 saturated heterocycles. The van der Waals surface area contributed by atoms with Crippen molar-refractivity contribution in [1.82, 2.24) is 14.9 Å². The number of thioether (sulfide) groups is 1. The normalized spacial score (nSPS) is 17.9. The number of benzene rings is 2. The molecule has 3 aromatic rings. The lowest BCUT2D eigenvalue weighted by atomic mass is 10.0. The van der Waals surface area contributed by atoms with E-state index in [0.717, 1.165) is 29.2 Å². The van der Waals surface area contributed by atoms with Crippen molar-refractivity contribution in [3.63, 3.8) is 0 Å². The number of carbonyl (C=O) groups excluding carboxylic acids is 1. The first-order valence-corrected chi connectivity index (χ1v) is 10.4. The van der Waals surface area contributed by atoms with Crippen LogP contribution in [0.5, 0.6) is 5.75 Å². The van der Waals surface area contributed by atoms with E-state index in [0.29, 0.717) is 5.16 Å². The first kappa shape index (κ1) is 19.3.